The Labute approximate surface area is 55.0 Å². The molecule has 0 radical (unpaired) electrons. The Kier molecular flexibility index (Phi) is 1.83. The second-order valence-electron chi connectivity index (χ2n) is 2.44. The van der Waals surface area contributed by atoms with Crippen LogP contribution in [0.1, 0.15) is 19.3 Å². The van der Waals surface area contributed by atoms with Crippen molar-refractivity contribution >= 4 is 11.8 Å². The number of rotatable bonds is 2. The lowest BCUT2D eigenvalue weighted by Gasteiger charge is -2.39. The van der Waals surface area contributed by atoms with Crippen molar-refractivity contribution in [3.63, 3.8) is 0 Å². The summed E-state index contributed by atoms with van der Waals surface area (Å²) < 4.78 is 0.500. The summed E-state index contributed by atoms with van der Waals surface area (Å²) in [6.45, 7) is 0.869. The zero-order chi connectivity index (χ0) is 6.04. The maximum Gasteiger partial charge on any atom is 0.0279 e. The molecule has 0 saturated heterocycles. The number of nitrogens with two attached hydrogens (primary N) is 1. The maximum atomic E-state index is 5.56. The highest BCUT2D eigenvalue weighted by molar-refractivity contribution is 8.00. The number of hydrogen-bond donors (Lipinski definition) is 1. The first-order valence-corrected chi connectivity index (χ1v) is 4.31. The van der Waals surface area contributed by atoms with Gasteiger partial charge in [0.25, 0.3) is 0 Å². The van der Waals surface area contributed by atoms with Crippen LogP contribution < -0.4 is 5.73 Å². The lowest BCUT2D eigenvalue weighted by molar-refractivity contribution is 0.372. The standard InChI is InChI=1S/C6H13NS/c1-8-6(5-7)3-2-4-6/h2-5,7H2,1H3. The van der Waals surface area contributed by atoms with E-state index in [2.05, 4.69) is 6.26 Å². The third-order valence-corrected chi connectivity index (χ3v) is 3.51. The van der Waals surface area contributed by atoms with E-state index in [1.165, 1.54) is 19.3 Å². The summed E-state index contributed by atoms with van der Waals surface area (Å²) in [5, 5.41) is 0. The van der Waals surface area contributed by atoms with Gasteiger partial charge in [0.2, 0.25) is 0 Å². The third-order valence-electron chi connectivity index (χ3n) is 2.07. The molecule has 1 rings (SSSR count). The van der Waals surface area contributed by atoms with E-state index in [4.69, 9.17) is 5.73 Å². The minimum atomic E-state index is 0.500. The number of hydrogen-bond acceptors (Lipinski definition) is 2. The van der Waals surface area contributed by atoms with Gasteiger partial charge in [0.05, 0.1) is 0 Å². The first-order valence-electron chi connectivity index (χ1n) is 3.08. The second-order valence-corrected chi connectivity index (χ2v) is 3.72. The van der Waals surface area contributed by atoms with Crippen LogP contribution in [0.2, 0.25) is 0 Å². The zero-order valence-electron chi connectivity index (χ0n) is 5.31. The van der Waals surface area contributed by atoms with E-state index in [0.29, 0.717) is 4.75 Å². The van der Waals surface area contributed by atoms with Gasteiger partial charge in [-0.05, 0) is 19.1 Å². The van der Waals surface area contributed by atoms with Crippen molar-refractivity contribution in [2.75, 3.05) is 12.8 Å². The average molecular weight is 131 g/mol. The fourth-order valence-corrected chi connectivity index (χ4v) is 1.93. The molecule has 48 valence electrons. The van der Waals surface area contributed by atoms with Gasteiger partial charge in [-0.3, -0.25) is 0 Å². The van der Waals surface area contributed by atoms with Crippen molar-refractivity contribution in [3.05, 3.63) is 0 Å². The Bertz CT molecular complexity index is 65.1. The Morgan fingerprint density at radius 1 is 1.62 bits per heavy atom. The average Bonchev–Trinajstić information content (AvgIpc) is 1.67. The molecule has 0 atom stereocenters. The Morgan fingerprint density at radius 3 is 2.25 bits per heavy atom. The maximum absolute atomic E-state index is 5.56. The molecule has 0 aromatic heterocycles. The van der Waals surface area contributed by atoms with Crippen LogP contribution in [0.3, 0.4) is 0 Å². The topological polar surface area (TPSA) is 26.0 Å². The molecule has 0 aromatic rings. The summed E-state index contributed by atoms with van der Waals surface area (Å²) in [6.07, 6.45) is 6.22. The molecule has 2 heteroatoms. The van der Waals surface area contributed by atoms with Gasteiger partial charge >= 0.3 is 0 Å². The highest BCUT2D eigenvalue weighted by Crippen LogP contribution is 2.41. The SMILES string of the molecule is CSC1(CN)CCC1. The molecular formula is C6H13NS. The summed E-state index contributed by atoms with van der Waals surface area (Å²) >= 11 is 1.93. The minimum absolute atomic E-state index is 0.500. The predicted molar refractivity (Wildman–Crippen MR) is 39.2 cm³/mol. The van der Waals surface area contributed by atoms with Crippen LogP contribution in [0.5, 0.6) is 0 Å². The van der Waals surface area contributed by atoms with E-state index in [0.717, 1.165) is 6.54 Å². The normalized spacial score (nSPS) is 24.8. The molecular weight excluding hydrogens is 118 g/mol. The van der Waals surface area contributed by atoms with Crippen molar-refractivity contribution in [1.82, 2.24) is 0 Å². The first-order chi connectivity index (χ1) is 3.83. The molecule has 0 aliphatic heterocycles. The van der Waals surface area contributed by atoms with Crippen molar-refractivity contribution in [1.29, 1.82) is 0 Å². The quantitative estimate of drug-likeness (QED) is 0.610. The molecule has 2 N–H and O–H groups in total. The van der Waals surface area contributed by atoms with Gasteiger partial charge in [-0.2, -0.15) is 11.8 Å². The first kappa shape index (κ1) is 6.43. The van der Waals surface area contributed by atoms with Gasteiger partial charge in [-0.25, -0.2) is 0 Å². The Hall–Kier alpha value is 0.310. The molecule has 8 heavy (non-hydrogen) atoms. The van der Waals surface area contributed by atoms with Crippen LogP contribution in [0.4, 0.5) is 0 Å². The summed E-state index contributed by atoms with van der Waals surface area (Å²) in [6, 6.07) is 0. The molecule has 1 aliphatic carbocycles. The molecule has 0 bridgehead atoms. The van der Waals surface area contributed by atoms with E-state index in [1.54, 1.807) is 0 Å². The molecule has 0 heterocycles. The van der Waals surface area contributed by atoms with E-state index in [9.17, 15) is 0 Å². The van der Waals surface area contributed by atoms with Crippen molar-refractivity contribution in [2.24, 2.45) is 5.73 Å². The summed E-state index contributed by atoms with van der Waals surface area (Å²) in [7, 11) is 0. The molecule has 1 fully saturated rings. The second kappa shape index (κ2) is 2.28. The lowest BCUT2D eigenvalue weighted by atomic mass is 9.84. The Balaban J connectivity index is 2.33. The van der Waals surface area contributed by atoms with Crippen LogP contribution >= 0.6 is 11.8 Å². The molecule has 0 spiro atoms. The van der Waals surface area contributed by atoms with Gasteiger partial charge < -0.3 is 5.73 Å². The van der Waals surface area contributed by atoms with Gasteiger partial charge in [0, 0.05) is 11.3 Å². The van der Waals surface area contributed by atoms with Crippen LogP contribution in [0.25, 0.3) is 0 Å². The van der Waals surface area contributed by atoms with Crippen LogP contribution in [0, 0.1) is 0 Å². The van der Waals surface area contributed by atoms with Crippen LogP contribution in [-0.2, 0) is 0 Å². The molecule has 0 amide bonds. The van der Waals surface area contributed by atoms with E-state index >= 15 is 0 Å². The van der Waals surface area contributed by atoms with Crippen molar-refractivity contribution in [3.8, 4) is 0 Å². The fourth-order valence-electron chi connectivity index (χ4n) is 1.06. The Morgan fingerprint density at radius 2 is 2.25 bits per heavy atom. The highest BCUT2D eigenvalue weighted by atomic mass is 32.2. The molecule has 1 nitrogen and oxygen atoms in total. The molecule has 0 aromatic carbocycles. The van der Waals surface area contributed by atoms with Gasteiger partial charge in [-0.15, -0.1) is 0 Å². The molecule has 0 unspecified atom stereocenters. The predicted octanol–water partition coefficient (Wildman–Crippen LogP) is 1.23. The van der Waals surface area contributed by atoms with E-state index in [-0.39, 0.29) is 0 Å². The molecule has 1 aliphatic rings. The summed E-state index contributed by atoms with van der Waals surface area (Å²) in [5.41, 5.74) is 5.56. The summed E-state index contributed by atoms with van der Waals surface area (Å²) in [5.74, 6) is 0. The van der Waals surface area contributed by atoms with Gasteiger partial charge in [0.15, 0.2) is 0 Å². The lowest BCUT2D eigenvalue weighted by Crippen LogP contribution is -2.40. The fraction of sp³-hybridized carbons (Fsp3) is 1.00. The minimum Gasteiger partial charge on any atom is -0.329 e. The largest absolute Gasteiger partial charge is 0.329 e. The van der Waals surface area contributed by atoms with E-state index in [1.807, 2.05) is 11.8 Å². The summed E-state index contributed by atoms with van der Waals surface area (Å²) in [4.78, 5) is 0. The monoisotopic (exact) mass is 131 g/mol. The van der Waals surface area contributed by atoms with Crippen molar-refractivity contribution < 1.29 is 0 Å². The smallest absolute Gasteiger partial charge is 0.0279 e. The van der Waals surface area contributed by atoms with Crippen LogP contribution in [0.15, 0.2) is 0 Å². The van der Waals surface area contributed by atoms with Crippen LogP contribution in [-0.4, -0.2) is 17.5 Å². The van der Waals surface area contributed by atoms with E-state index < -0.39 is 0 Å². The third kappa shape index (κ3) is 0.869. The zero-order valence-corrected chi connectivity index (χ0v) is 6.13. The highest BCUT2D eigenvalue weighted by Gasteiger charge is 2.34. The van der Waals surface area contributed by atoms with Gasteiger partial charge in [-0.1, -0.05) is 6.42 Å². The molecule has 1 saturated carbocycles. The number of thioether (sulfide) groups is 1. The van der Waals surface area contributed by atoms with Crippen molar-refractivity contribution in [2.45, 2.75) is 24.0 Å². The van der Waals surface area contributed by atoms with Gasteiger partial charge in [0.1, 0.15) is 0 Å².